The summed E-state index contributed by atoms with van der Waals surface area (Å²) in [5.41, 5.74) is 0.855. The summed E-state index contributed by atoms with van der Waals surface area (Å²) in [6.07, 6.45) is 3.54. The van der Waals surface area contributed by atoms with Crippen LogP contribution in [-0.4, -0.2) is 21.8 Å². The number of nitrogens with one attached hydrogen (secondary N) is 1. The van der Waals surface area contributed by atoms with Crippen molar-refractivity contribution in [2.24, 2.45) is 0 Å². The molecule has 0 aliphatic rings. The molecule has 14 heavy (non-hydrogen) atoms. The van der Waals surface area contributed by atoms with E-state index in [0.717, 1.165) is 11.4 Å². The number of Topliss-reactive ketones (excluding diaryl/α,β-unsaturated/α-hetero) is 1. The summed E-state index contributed by atoms with van der Waals surface area (Å²) < 4.78 is 0. The second kappa shape index (κ2) is 4.69. The van der Waals surface area contributed by atoms with E-state index in [2.05, 4.69) is 15.3 Å². The highest BCUT2D eigenvalue weighted by Gasteiger charge is 2.06. The fourth-order valence-corrected chi connectivity index (χ4v) is 1.16. The molecule has 0 unspecified atom stereocenters. The van der Waals surface area contributed by atoms with Gasteiger partial charge in [-0.1, -0.05) is 0 Å². The molecule has 0 saturated carbocycles. The minimum absolute atomic E-state index is 0.117. The number of carbonyl (C=O) groups excluding carboxylic acids is 1. The summed E-state index contributed by atoms with van der Waals surface area (Å²) in [5.74, 6) is 0.872. The van der Waals surface area contributed by atoms with Gasteiger partial charge in [0.1, 0.15) is 17.9 Å². The topological polar surface area (TPSA) is 54.9 Å². The van der Waals surface area contributed by atoms with Crippen LogP contribution in [0.5, 0.6) is 0 Å². The molecule has 0 saturated heterocycles. The highest BCUT2D eigenvalue weighted by Crippen LogP contribution is 2.11. The average Bonchev–Trinajstić information content (AvgIpc) is 2.06. The maximum atomic E-state index is 11.0. The summed E-state index contributed by atoms with van der Waals surface area (Å²) in [4.78, 5) is 19.0. The fraction of sp³-hybridized carbons (Fsp3) is 0.500. The average molecular weight is 193 g/mol. The number of aromatic nitrogens is 2. The van der Waals surface area contributed by atoms with Gasteiger partial charge in [0.25, 0.3) is 0 Å². The van der Waals surface area contributed by atoms with Gasteiger partial charge in [0.15, 0.2) is 0 Å². The van der Waals surface area contributed by atoms with Crippen LogP contribution < -0.4 is 5.32 Å². The zero-order valence-electron chi connectivity index (χ0n) is 8.74. The molecule has 76 valence electrons. The molecule has 1 N–H and O–H groups in total. The van der Waals surface area contributed by atoms with Crippen LogP contribution in [0.4, 0.5) is 5.82 Å². The number of nitrogens with zero attached hydrogens (tertiary/aromatic N) is 2. The molecule has 0 aliphatic carbocycles. The van der Waals surface area contributed by atoms with Crippen LogP contribution >= 0.6 is 0 Å². The molecule has 1 aromatic heterocycles. The van der Waals surface area contributed by atoms with E-state index in [1.807, 2.05) is 13.8 Å². The molecule has 0 atom stereocenters. The normalized spacial score (nSPS) is 10.3. The summed E-state index contributed by atoms with van der Waals surface area (Å²) in [6.45, 7) is 5.62. The van der Waals surface area contributed by atoms with Gasteiger partial charge in [0.2, 0.25) is 0 Å². The van der Waals surface area contributed by atoms with E-state index in [9.17, 15) is 4.79 Å². The van der Waals surface area contributed by atoms with Crippen molar-refractivity contribution >= 4 is 11.6 Å². The van der Waals surface area contributed by atoms with Gasteiger partial charge in [-0.2, -0.15) is 0 Å². The third kappa shape index (κ3) is 3.12. The number of hydrogen-bond acceptors (Lipinski definition) is 4. The molecule has 0 aromatic carbocycles. The maximum Gasteiger partial charge on any atom is 0.134 e. The first-order valence-electron chi connectivity index (χ1n) is 4.64. The quantitative estimate of drug-likeness (QED) is 0.785. The van der Waals surface area contributed by atoms with Crippen LogP contribution in [0.2, 0.25) is 0 Å². The van der Waals surface area contributed by atoms with Gasteiger partial charge in [-0.05, 0) is 20.8 Å². The van der Waals surface area contributed by atoms with Crippen LogP contribution in [0.15, 0.2) is 12.5 Å². The standard InChI is InChI=1S/C10H15N3O/c1-7(2)13-10-9(4-8(3)14)5-11-6-12-10/h5-7H,4H2,1-3H3,(H,11,12,13). The molecular weight excluding hydrogens is 178 g/mol. The van der Waals surface area contributed by atoms with Crippen molar-refractivity contribution in [3.8, 4) is 0 Å². The van der Waals surface area contributed by atoms with Crippen molar-refractivity contribution in [3.63, 3.8) is 0 Å². The largest absolute Gasteiger partial charge is 0.368 e. The third-order valence-corrected chi connectivity index (χ3v) is 1.65. The number of carbonyl (C=O) groups is 1. The highest BCUT2D eigenvalue weighted by atomic mass is 16.1. The molecule has 1 aromatic rings. The molecule has 0 bridgehead atoms. The van der Waals surface area contributed by atoms with Crippen molar-refractivity contribution < 1.29 is 4.79 Å². The van der Waals surface area contributed by atoms with E-state index in [0.29, 0.717) is 12.5 Å². The maximum absolute atomic E-state index is 11.0. The minimum Gasteiger partial charge on any atom is -0.368 e. The van der Waals surface area contributed by atoms with Crippen molar-refractivity contribution in [1.29, 1.82) is 0 Å². The van der Waals surface area contributed by atoms with Gasteiger partial charge >= 0.3 is 0 Å². The van der Waals surface area contributed by atoms with Gasteiger partial charge in [-0.3, -0.25) is 4.79 Å². The SMILES string of the molecule is CC(=O)Cc1cncnc1NC(C)C. The fourth-order valence-electron chi connectivity index (χ4n) is 1.16. The predicted molar refractivity (Wildman–Crippen MR) is 55.2 cm³/mol. The van der Waals surface area contributed by atoms with E-state index in [1.165, 1.54) is 6.33 Å². The van der Waals surface area contributed by atoms with Crippen molar-refractivity contribution in [2.45, 2.75) is 33.2 Å². The first kappa shape index (κ1) is 10.6. The summed E-state index contributed by atoms with van der Waals surface area (Å²) >= 11 is 0. The Bertz CT molecular complexity index is 323. The molecule has 0 aliphatic heterocycles. The summed E-state index contributed by atoms with van der Waals surface area (Å²) in [7, 11) is 0. The Morgan fingerprint density at radius 1 is 1.57 bits per heavy atom. The summed E-state index contributed by atoms with van der Waals surface area (Å²) in [6, 6.07) is 0.301. The van der Waals surface area contributed by atoms with Crippen LogP contribution in [-0.2, 0) is 11.2 Å². The van der Waals surface area contributed by atoms with E-state index in [-0.39, 0.29) is 5.78 Å². The lowest BCUT2D eigenvalue weighted by atomic mass is 10.1. The van der Waals surface area contributed by atoms with Crippen molar-refractivity contribution in [1.82, 2.24) is 9.97 Å². The lowest BCUT2D eigenvalue weighted by molar-refractivity contribution is -0.116. The Balaban J connectivity index is 2.85. The Morgan fingerprint density at radius 3 is 2.86 bits per heavy atom. The Hall–Kier alpha value is -1.45. The molecular formula is C10H15N3O. The lowest BCUT2D eigenvalue weighted by Crippen LogP contribution is -2.14. The third-order valence-electron chi connectivity index (χ3n) is 1.65. The minimum atomic E-state index is 0.117. The smallest absolute Gasteiger partial charge is 0.134 e. The van der Waals surface area contributed by atoms with Gasteiger partial charge < -0.3 is 5.32 Å². The molecule has 0 radical (unpaired) electrons. The van der Waals surface area contributed by atoms with E-state index < -0.39 is 0 Å². The van der Waals surface area contributed by atoms with Gasteiger partial charge in [-0.15, -0.1) is 0 Å². The Morgan fingerprint density at radius 2 is 2.29 bits per heavy atom. The zero-order chi connectivity index (χ0) is 10.6. The molecule has 1 rings (SSSR count). The first-order valence-corrected chi connectivity index (χ1v) is 4.64. The molecule has 4 nitrogen and oxygen atoms in total. The first-order chi connectivity index (χ1) is 6.59. The predicted octanol–water partition coefficient (Wildman–Crippen LogP) is 1.43. The van der Waals surface area contributed by atoms with Crippen LogP contribution in [0, 0.1) is 0 Å². The molecule has 0 fully saturated rings. The second-order valence-corrected chi connectivity index (χ2v) is 3.57. The van der Waals surface area contributed by atoms with Crippen LogP contribution in [0.3, 0.4) is 0 Å². The van der Waals surface area contributed by atoms with Gasteiger partial charge in [-0.25, -0.2) is 9.97 Å². The second-order valence-electron chi connectivity index (χ2n) is 3.57. The molecule has 4 heteroatoms. The summed E-state index contributed by atoms with van der Waals surface area (Å²) in [5, 5.41) is 3.18. The zero-order valence-corrected chi connectivity index (χ0v) is 8.74. The molecule has 0 spiro atoms. The van der Waals surface area contributed by atoms with Crippen LogP contribution in [0.1, 0.15) is 26.3 Å². The molecule has 0 amide bonds. The number of rotatable bonds is 4. The van der Waals surface area contributed by atoms with E-state index in [1.54, 1.807) is 13.1 Å². The Labute approximate surface area is 83.8 Å². The van der Waals surface area contributed by atoms with Gasteiger partial charge in [0, 0.05) is 24.2 Å². The van der Waals surface area contributed by atoms with Crippen LogP contribution in [0.25, 0.3) is 0 Å². The highest BCUT2D eigenvalue weighted by molar-refractivity contribution is 5.79. The number of ketones is 1. The van der Waals surface area contributed by atoms with Crippen molar-refractivity contribution in [2.75, 3.05) is 5.32 Å². The lowest BCUT2D eigenvalue weighted by Gasteiger charge is -2.11. The number of hydrogen-bond donors (Lipinski definition) is 1. The van der Waals surface area contributed by atoms with E-state index in [4.69, 9.17) is 0 Å². The molecule has 1 heterocycles. The van der Waals surface area contributed by atoms with Gasteiger partial charge in [0.05, 0.1) is 0 Å². The van der Waals surface area contributed by atoms with Crippen molar-refractivity contribution in [3.05, 3.63) is 18.1 Å². The number of anilines is 1. The monoisotopic (exact) mass is 193 g/mol. The Kier molecular flexibility index (Phi) is 3.56. The van der Waals surface area contributed by atoms with E-state index >= 15 is 0 Å².